The molecule has 2 aliphatic heterocycles. The van der Waals surface area contributed by atoms with Crippen LogP contribution < -0.4 is 5.32 Å². The van der Waals surface area contributed by atoms with Crippen molar-refractivity contribution in [3.05, 3.63) is 29.6 Å². The second-order valence-electron chi connectivity index (χ2n) is 7.78. The summed E-state index contributed by atoms with van der Waals surface area (Å²) in [5, 5.41) is 3.52. The van der Waals surface area contributed by atoms with E-state index in [1.54, 1.807) is 26.0 Å². The predicted octanol–water partition coefficient (Wildman–Crippen LogP) is 4.45. The molecular weight excluding hydrogens is 428 g/mol. The van der Waals surface area contributed by atoms with Crippen LogP contribution in [-0.2, 0) is 6.18 Å². The number of carbonyl (C=O) groups is 1. The Hall–Kier alpha value is -1.51. The standard InChI is InChI=1S/C19H23F3N4O.2ClH/c1-11(2)26-16-6-3-12(9-15(16)24-18(26)19(20,21)22)17(27)25-8-7-13-4-5-14(10-25)23-13;;/h3,6,9,11,13-14,23H,4-5,7-8,10H2,1-2H3;2*1H. The molecule has 2 bridgehead atoms. The molecule has 3 heterocycles. The fourth-order valence-corrected chi connectivity index (χ4v) is 4.26. The van der Waals surface area contributed by atoms with Crippen molar-refractivity contribution in [2.75, 3.05) is 13.1 Å². The van der Waals surface area contributed by atoms with Gasteiger partial charge in [0.1, 0.15) is 0 Å². The fourth-order valence-electron chi connectivity index (χ4n) is 4.26. The Morgan fingerprint density at radius 2 is 1.86 bits per heavy atom. The van der Waals surface area contributed by atoms with Gasteiger partial charge in [0.25, 0.3) is 5.91 Å². The second kappa shape index (κ2) is 8.70. The van der Waals surface area contributed by atoms with Gasteiger partial charge in [-0.2, -0.15) is 13.2 Å². The maximum absolute atomic E-state index is 13.4. The van der Waals surface area contributed by atoms with Gasteiger partial charge in [-0.25, -0.2) is 4.98 Å². The number of fused-ring (bicyclic) bond motifs is 3. The van der Waals surface area contributed by atoms with E-state index in [0.29, 0.717) is 36.3 Å². The van der Waals surface area contributed by atoms with Gasteiger partial charge in [0.05, 0.1) is 11.0 Å². The van der Waals surface area contributed by atoms with Crippen LogP contribution in [0.2, 0.25) is 0 Å². The van der Waals surface area contributed by atoms with Gasteiger partial charge in [0.2, 0.25) is 5.82 Å². The first-order valence-corrected chi connectivity index (χ1v) is 9.38. The Kier molecular flexibility index (Phi) is 7.13. The summed E-state index contributed by atoms with van der Waals surface area (Å²) in [6.45, 7) is 4.68. The zero-order chi connectivity index (χ0) is 19.3. The van der Waals surface area contributed by atoms with E-state index in [1.165, 1.54) is 10.6 Å². The fraction of sp³-hybridized carbons (Fsp3) is 0.579. The molecule has 2 saturated heterocycles. The lowest BCUT2D eigenvalue weighted by molar-refractivity contribution is -0.147. The molecule has 5 nitrogen and oxygen atoms in total. The number of likely N-dealkylation sites (tertiary alicyclic amines) is 1. The third-order valence-electron chi connectivity index (χ3n) is 5.52. The molecular formula is C19H25Cl2F3N4O. The molecule has 1 aromatic carbocycles. The van der Waals surface area contributed by atoms with E-state index in [-0.39, 0.29) is 42.3 Å². The number of benzene rings is 1. The molecule has 1 amide bonds. The van der Waals surface area contributed by atoms with Crippen LogP contribution in [0.15, 0.2) is 18.2 Å². The number of amides is 1. The Labute approximate surface area is 179 Å². The van der Waals surface area contributed by atoms with Gasteiger partial charge in [-0.15, -0.1) is 24.8 Å². The van der Waals surface area contributed by atoms with Crippen LogP contribution in [0, 0.1) is 0 Å². The normalized spacial score (nSPS) is 21.7. The highest BCUT2D eigenvalue weighted by atomic mass is 35.5. The van der Waals surface area contributed by atoms with E-state index in [0.717, 1.165) is 19.3 Å². The summed E-state index contributed by atoms with van der Waals surface area (Å²) in [5.41, 5.74) is 0.990. The number of hydrogen-bond acceptors (Lipinski definition) is 3. The van der Waals surface area contributed by atoms with Gasteiger partial charge in [-0.05, 0) is 51.3 Å². The Balaban J connectivity index is 0.00000150. The molecule has 0 aliphatic carbocycles. The van der Waals surface area contributed by atoms with Crippen LogP contribution in [-0.4, -0.2) is 45.5 Å². The first-order chi connectivity index (χ1) is 12.7. The molecule has 2 fully saturated rings. The zero-order valence-electron chi connectivity index (χ0n) is 16.2. The maximum Gasteiger partial charge on any atom is 0.449 e. The van der Waals surface area contributed by atoms with Crippen LogP contribution in [0.25, 0.3) is 11.0 Å². The Morgan fingerprint density at radius 3 is 2.52 bits per heavy atom. The SMILES string of the molecule is CC(C)n1c(C(F)(F)F)nc2cc(C(=O)N3CCC4CCC(C3)N4)ccc21.Cl.Cl. The number of carbonyl (C=O) groups excluding carboxylic acids is 1. The van der Waals surface area contributed by atoms with Crippen LogP contribution in [0.4, 0.5) is 13.2 Å². The predicted molar refractivity (Wildman–Crippen MR) is 110 cm³/mol. The van der Waals surface area contributed by atoms with Crippen molar-refractivity contribution in [1.82, 2.24) is 19.8 Å². The molecule has 0 spiro atoms. The molecule has 2 aromatic rings. The molecule has 10 heteroatoms. The molecule has 4 rings (SSSR count). The van der Waals surface area contributed by atoms with Crippen molar-refractivity contribution < 1.29 is 18.0 Å². The molecule has 2 aliphatic rings. The minimum absolute atomic E-state index is 0. The minimum atomic E-state index is -4.54. The monoisotopic (exact) mass is 452 g/mol. The molecule has 0 saturated carbocycles. The summed E-state index contributed by atoms with van der Waals surface area (Å²) in [7, 11) is 0. The van der Waals surface area contributed by atoms with Gasteiger partial charge >= 0.3 is 6.18 Å². The highest BCUT2D eigenvalue weighted by Crippen LogP contribution is 2.34. The van der Waals surface area contributed by atoms with Crippen LogP contribution in [0.5, 0.6) is 0 Å². The summed E-state index contributed by atoms with van der Waals surface area (Å²) in [6, 6.07) is 5.06. The van der Waals surface area contributed by atoms with E-state index in [2.05, 4.69) is 10.3 Å². The van der Waals surface area contributed by atoms with E-state index >= 15 is 0 Å². The van der Waals surface area contributed by atoms with Crippen LogP contribution >= 0.6 is 24.8 Å². The molecule has 1 N–H and O–H groups in total. The van der Waals surface area contributed by atoms with Gasteiger partial charge in [-0.1, -0.05) is 0 Å². The van der Waals surface area contributed by atoms with E-state index in [4.69, 9.17) is 0 Å². The van der Waals surface area contributed by atoms with Crippen molar-refractivity contribution in [1.29, 1.82) is 0 Å². The zero-order valence-corrected chi connectivity index (χ0v) is 17.8. The third kappa shape index (κ3) is 4.49. The first-order valence-electron chi connectivity index (χ1n) is 9.38. The maximum atomic E-state index is 13.4. The lowest BCUT2D eigenvalue weighted by atomic mass is 10.1. The van der Waals surface area contributed by atoms with Crippen molar-refractivity contribution >= 4 is 41.8 Å². The number of nitrogens with zero attached hydrogens (tertiary/aromatic N) is 3. The average Bonchev–Trinajstić information content (AvgIpc) is 3.13. The van der Waals surface area contributed by atoms with Crippen molar-refractivity contribution in [3.8, 4) is 0 Å². The van der Waals surface area contributed by atoms with Crippen molar-refractivity contribution in [3.63, 3.8) is 0 Å². The minimum Gasteiger partial charge on any atom is -0.337 e. The summed E-state index contributed by atoms with van der Waals surface area (Å²) in [6.07, 6.45) is -1.43. The number of aromatic nitrogens is 2. The highest BCUT2D eigenvalue weighted by molar-refractivity contribution is 5.97. The quantitative estimate of drug-likeness (QED) is 0.732. The number of hydrogen-bond donors (Lipinski definition) is 1. The van der Waals surface area contributed by atoms with E-state index < -0.39 is 12.0 Å². The Bertz CT molecular complexity index is 884. The summed E-state index contributed by atoms with van der Waals surface area (Å²) >= 11 is 0. The summed E-state index contributed by atoms with van der Waals surface area (Å²) in [4.78, 5) is 18.5. The first kappa shape index (κ1) is 23.8. The van der Waals surface area contributed by atoms with Gasteiger partial charge in [0.15, 0.2) is 0 Å². The van der Waals surface area contributed by atoms with Gasteiger partial charge in [-0.3, -0.25) is 4.79 Å². The number of rotatable bonds is 2. The van der Waals surface area contributed by atoms with Crippen LogP contribution in [0.1, 0.15) is 55.3 Å². The lowest BCUT2D eigenvalue weighted by Gasteiger charge is -2.24. The topological polar surface area (TPSA) is 50.2 Å². The van der Waals surface area contributed by atoms with Crippen molar-refractivity contribution in [2.24, 2.45) is 0 Å². The smallest absolute Gasteiger partial charge is 0.337 e. The molecule has 2 atom stereocenters. The van der Waals surface area contributed by atoms with Crippen LogP contribution in [0.3, 0.4) is 0 Å². The number of imidazole rings is 1. The average molecular weight is 453 g/mol. The number of nitrogens with one attached hydrogen (secondary N) is 1. The molecule has 162 valence electrons. The highest BCUT2D eigenvalue weighted by Gasteiger charge is 2.38. The number of alkyl halides is 3. The molecule has 1 aromatic heterocycles. The lowest BCUT2D eigenvalue weighted by Crippen LogP contribution is -2.39. The Morgan fingerprint density at radius 1 is 1.17 bits per heavy atom. The number of halogens is 5. The van der Waals surface area contributed by atoms with Gasteiger partial charge < -0.3 is 14.8 Å². The molecule has 0 radical (unpaired) electrons. The van der Waals surface area contributed by atoms with Crippen molar-refractivity contribution in [2.45, 2.75) is 57.4 Å². The molecule has 29 heavy (non-hydrogen) atoms. The summed E-state index contributed by atoms with van der Waals surface area (Å²) in [5.74, 6) is -1.06. The summed E-state index contributed by atoms with van der Waals surface area (Å²) < 4.78 is 41.3. The van der Waals surface area contributed by atoms with E-state index in [1.807, 2.05) is 4.90 Å². The van der Waals surface area contributed by atoms with E-state index in [9.17, 15) is 18.0 Å². The molecule has 2 unspecified atom stereocenters. The largest absolute Gasteiger partial charge is 0.449 e. The second-order valence-corrected chi connectivity index (χ2v) is 7.78. The van der Waals surface area contributed by atoms with Gasteiger partial charge in [0, 0.05) is 36.8 Å². The third-order valence-corrected chi connectivity index (χ3v) is 5.52.